The molecule has 2 aromatic rings. The van der Waals surface area contributed by atoms with Crippen molar-refractivity contribution in [1.82, 2.24) is 14.9 Å². The normalized spacial score (nSPS) is 19.0. The maximum Gasteiger partial charge on any atom is 0.227 e. The molecule has 1 aliphatic rings. The van der Waals surface area contributed by atoms with E-state index in [1.54, 1.807) is 6.07 Å². The second-order valence-corrected chi connectivity index (χ2v) is 6.31. The van der Waals surface area contributed by atoms with Gasteiger partial charge in [0.05, 0.1) is 12.6 Å². The second kappa shape index (κ2) is 7.81. The van der Waals surface area contributed by atoms with Gasteiger partial charge in [0, 0.05) is 45.0 Å². The van der Waals surface area contributed by atoms with Crippen LogP contribution in [0.25, 0.3) is 0 Å². The van der Waals surface area contributed by atoms with Gasteiger partial charge in [-0.15, -0.1) is 0 Å². The van der Waals surface area contributed by atoms with Gasteiger partial charge in [-0.3, -0.25) is 4.90 Å². The Morgan fingerprint density at radius 3 is 2.76 bits per heavy atom. The van der Waals surface area contributed by atoms with Gasteiger partial charge in [0.15, 0.2) is 0 Å². The summed E-state index contributed by atoms with van der Waals surface area (Å²) in [5, 5.41) is 22.5. The number of aryl methyl sites for hydroxylation is 1. The molecule has 25 heavy (non-hydrogen) atoms. The van der Waals surface area contributed by atoms with E-state index in [1.165, 1.54) is 0 Å². The highest BCUT2D eigenvalue weighted by Crippen LogP contribution is 2.17. The lowest BCUT2D eigenvalue weighted by Gasteiger charge is -2.22. The Hall–Kier alpha value is -2.16. The van der Waals surface area contributed by atoms with Crippen molar-refractivity contribution < 1.29 is 14.6 Å². The van der Waals surface area contributed by atoms with Crippen molar-refractivity contribution in [2.45, 2.75) is 26.2 Å². The number of nitrogens with one attached hydrogen (secondary N) is 1. The van der Waals surface area contributed by atoms with Gasteiger partial charge in [0.1, 0.15) is 23.9 Å². The van der Waals surface area contributed by atoms with E-state index in [0.29, 0.717) is 31.3 Å². The molecule has 3 heterocycles. The average molecular weight is 347 g/mol. The summed E-state index contributed by atoms with van der Waals surface area (Å²) in [7, 11) is 1.83. The Morgan fingerprint density at radius 2 is 2.04 bits per heavy atom. The van der Waals surface area contributed by atoms with Crippen molar-refractivity contribution in [1.29, 1.82) is 0 Å². The maximum absolute atomic E-state index is 10.4. The lowest BCUT2D eigenvalue weighted by Crippen LogP contribution is -2.34. The number of aliphatic hydroxyl groups is 2. The molecule has 0 amide bonds. The number of anilines is 2. The molecule has 2 aromatic heterocycles. The average Bonchev–Trinajstić information content (AvgIpc) is 2.96. The van der Waals surface area contributed by atoms with Gasteiger partial charge in [-0.2, -0.15) is 4.98 Å². The smallest absolute Gasteiger partial charge is 0.227 e. The molecule has 0 aliphatic carbocycles. The predicted octanol–water partition coefficient (Wildman–Crippen LogP) is 0.595. The van der Waals surface area contributed by atoms with E-state index >= 15 is 0 Å². The van der Waals surface area contributed by atoms with E-state index in [-0.39, 0.29) is 6.61 Å². The van der Waals surface area contributed by atoms with Crippen LogP contribution < -0.4 is 10.2 Å². The molecule has 0 radical (unpaired) electrons. The minimum Gasteiger partial charge on any atom is -0.462 e. The molecule has 3 N–H and O–H groups in total. The number of aromatic nitrogens is 2. The zero-order chi connectivity index (χ0) is 17.8. The van der Waals surface area contributed by atoms with Crippen LogP contribution in [0.2, 0.25) is 0 Å². The molecule has 0 saturated carbocycles. The fourth-order valence-corrected chi connectivity index (χ4v) is 3.02. The molecule has 3 rings (SSSR count). The third-order valence-corrected chi connectivity index (χ3v) is 4.22. The predicted molar refractivity (Wildman–Crippen MR) is 94.4 cm³/mol. The van der Waals surface area contributed by atoms with Gasteiger partial charge in [-0.1, -0.05) is 0 Å². The Balaban J connectivity index is 1.69. The van der Waals surface area contributed by atoms with Crippen LogP contribution in [-0.4, -0.2) is 64.4 Å². The quantitative estimate of drug-likeness (QED) is 0.723. The zero-order valence-corrected chi connectivity index (χ0v) is 14.6. The lowest BCUT2D eigenvalue weighted by molar-refractivity contribution is 0.124. The van der Waals surface area contributed by atoms with Gasteiger partial charge in [-0.25, -0.2) is 4.98 Å². The minimum atomic E-state index is -0.503. The van der Waals surface area contributed by atoms with Crippen LogP contribution in [0.5, 0.6) is 0 Å². The number of rotatable bonds is 5. The Bertz CT molecular complexity index is 705. The fraction of sp³-hybridized carbons (Fsp3) is 0.529. The van der Waals surface area contributed by atoms with Gasteiger partial charge in [-0.05, 0) is 19.1 Å². The molecule has 8 nitrogen and oxygen atoms in total. The first-order valence-corrected chi connectivity index (χ1v) is 8.44. The Morgan fingerprint density at radius 1 is 1.24 bits per heavy atom. The highest BCUT2D eigenvalue weighted by Gasteiger charge is 2.24. The summed E-state index contributed by atoms with van der Waals surface area (Å²) in [6, 6.07) is 5.53. The van der Waals surface area contributed by atoms with Crippen molar-refractivity contribution in [3.8, 4) is 0 Å². The first-order valence-electron chi connectivity index (χ1n) is 8.44. The van der Waals surface area contributed by atoms with Crippen LogP contribution in [-0.2, 0) is 13.2 Å². The monoisotopic (exact) mass is 347 g/mol. The summed E-state index contributed by atoms with van der Waals surface area (Å²) < 4.78 is 5.55. The molecular weight excluding hydrogens is 322 g/mol. The van der Waals surface area contributed by atoms with Crippen molar-refractivity contribution >= 4 is 11.8 Å². The van der Waals surface area contributed by atoms with Crippen LogP contribution in [0.3, 0.4) is 0 Å². The molecule has 0 spiro atoms. The van der Waals surface area contributed by atoms with E-state index in [2.05, 4.69) is 20.2 Å². The summed E-state index contributed by atoms with van der Waals surface area (Å²) in [5.74, 6) is 2.74. The molecule has 1 aliphatic heterocycles. The van der Waals surface area contributed by atoms with Crippen LogP contribution >= 0.6 is 0 Å². The molecular formula is C17H25N5O3. The van der Waals surface area contributed by atoms with E-state index in [1.807, 2.05) is 31.0 Å². The topological polar surface area (TPSA) is 97.9 Å². The van der Waals surface area contributed by atoms with Crippen LogP contribution in [0.15, 0.2) is 22.6 Å². The van der Waals surface area contributed by atoms with E-state index in [9.17, 15) is 5.11 Å². The first-order chi connectivity index (χ1) is 12.1. The molecule has 136 valence electrons. The first kappa shape index (κ1) is 17.7. The highest BCUT2D eigenvalue weighted by molar-refractivity contribution is 5.43. The Kier molecular flexibility index (Phi) is 5.52. The summed E-state index contributed by atoms with van der Waals surface area (Å²) >= 11 is 0. The maximum atomic E-state index is 10.4. The van der Waals surface area contributed by atoms with Gasteiger partial charge < -0.3 is 24.8 Å². The van der Waals surface area contributed by atoms with E-state index in [0.717, 1.165) is 30.4 Å². The standard InChI is InChI=1S/C17H25N5O3/c1-12-7-16(18-2)20-17(19-12)22-6-5-21(8-13(24)9-22)10-14-3-4-15(11-23)25-14/h3-4,7,13,23-24H,5-6,8-11H2,1-2H3,(H,18,19,20)/t13-/m0/s1. The molecule has 1 fully saturated rings. The Labute approximate surface area is 147 Å². The third-order valence-electron chi connectivity index (χ3n) is 4.22. The van der Waals surface area contributed by atoms with Crippen LogP contribution in [0.1, 0.15) is 17.2 Å². The van der Waals surface area contributed by atoms with Crippen molar-refractivity contribution in [2.24, 2.45) is 0 Å². The lowest BCUT2D eigenvalue weighted by atomic mass is 10.3. The molecule has 0 unspecified atom stereocenters. The zero-order valence-electron chi connectivity index (χ0n) is 14.6. The minimum absolute atomic E-state index is 0.102. The molecule has 1 saturated heterocycles. The van der Waals surface area contributed by atoms with Crippen LogP contribution in [0, 0.1) is 6.92 Å². The number of hydrogen-bond donors (Lipinski definition) is 3. The largest absolute Gasteiger partial charge is 0.462 e. The van der Waals surface area contributed by atoms with Crippen molar-refractivity contribution in [3.05, 3.63) is 35.4 Å². The number of aliphatic hydroxyl groups excluding tert-OH is 2. The third kappa shape index (κ3) is 4.47. The molecule has 0 bridgehead atoms. The SMILES string of the molecule is CNc1cc(C)nc(N2CCN(Cc3ccc(CO)o3)C[C@H](O)C2)n1. The van der Waals surface area contributed by atoms with Crippen molar-refractivity contribution in [2.75, 3.05) is 43.4 Å². The summed E-state index contributed by atoms with van der Waals surface area (Å²) in [4.78, 5) is 13.2. The fourth-order valence-electron chi connectivity index (χ4n) is 3.02. The summed E-state index contributed by atoms with van der Waals surface area (Å²) in [6.07, 6.45) is -0.503. The molecule has 0 aromatic carbocycles. The van der Waals surface area contributed by atoms with Gasteiger partial charge >= 0.3 is 0 Å². The van der Waals surface area contributed by atoms with E-state index < -0.39 is 6.10 Å². The van der Waals surface area contributed by atoms with Crippen LogP contribution in [0.4, 0.5) is 11.8 Å². The van der Waals surface area contributed by atoms with Crippen molar-refractivity contribution in [3.63, 3.8) is 0 Å². The van der Waals surface area contributed by atoms with E-state index in [4.69, 9.17) is 9.52 Å². The number of furan rings is 1. The highest BCUT2D eigenvalue weighted by atomic mass is 16.4. The number of β-amino-alcohol motifs (C(OH)–C–C–N with tert-alkyl or cyclic N) is 1. The molecule has 8 heteroatoms. The summed E-state index contributed by atoms with van der Waals surface area (Å²) in [6.45, 7) is 4.95. The summed E-state index contributed by atoms with van der Waals surface area (Å²) in [5.41, 5.74) is 0.886. The number of nitrogens with zero attached hydrogens (tertiary/aromatic N) is 4. The molecule has 1 atom stereocenters. The second-order valence-electron chi connectivity index (χ2n) is 6.31. The number of hydrogen-bond acceptors (Lipinski definition) is 8. The van der Waals surface area contributed by atoms with Gasteiger partial charge in [0.2, 0.25) is 5.95 Å². The van der Waals surface area contributed by atoms with Gasteiger partial charge in [0.25, 0.3) is 0 Å².